The molecule has 0 fully saturated rings. The van der Waals surface area contributed by atoms with Crippen molar-refractivity contribution in [2.75, 3.05) is 6.61 Å². The molecule has 0 aliphatic rings. The van der Waals surface area contributed by atoms with E-state index in [4.69, 9.17) is 0 Å². The van der Waals surface area contributed by atoms with Crippen molar-refractivity contribution in [3.8, 4) is 0 Å². The predicted molar refractivity (Wildman–Crippen MR) is 53.6 cm³/mol. The van der Waals surface area contributed by atoms with Gasteiger partial charge in [-0.05, 0) is 18.4 Å². The van der Waals surface area contributed by atoms with E-state index in [0.717, 1.165) is 12.1 Å². The van der Waals surface area contributed by atoms with Crippen molar-refractivity contribution in [1.29, 1.82) is 0 Å². The van der Waals surface area contributed by atoms with Crippen molar-refractivity contribution in [3.63, 3.8) is 0 Å². The smallest absolute Gasteiger partial charge is 0.258 e. The Balaban J connectivity index is 3.07. The number of hydrogen-bond acceptors (Lipinski definition) is 4. The molecular weight excluding hydrogens is 216 g/mol. The number of aryl methyl sites for hydroxylation is 1. The molecule has 0 bridgehead atoms. The maximum Gasteiger partial charge on any atom is 0.346 e. The number of hydrogen-bond donors (Lipinski definition) is 0. The van der Waals surface area contributed by atoms with E-state index in [1.807, 2.05) is 0 Å². The van der Waals surface area contributed by atoms with E-state index in [-0.39, 0.29) is 6.61 Å². The van der Waals surface area contributed by atoms with Crippen molar-refractivity contribution < 1.29 is 15.0 Å². The normalized spacial score (nSPS) is 10.1. The van der Waals surface area contributed by atoms with Crippen molar-refractivity contribution in [1.82, 2.24) is 0 Å². The van der Waals surface area contributed by atoms with Gasteiger partial charge in [-0.15, -0.1) is 0 Å². The molecule has 0 unspecified atom stereocenters. The zero-order valence-corrected chi connectivity index (χ0v) is 8.29. The molecule has 0 amide bonds. The summed E-state index contributed by atoms with van der Waals surface area (Å²) in [5, 5.41) is 31.3. The third-order valence-electron chi connectivity index (χ3n) is 2.04. The second-order valence-electron chi connectivity index (χ2n) is 3.14. The third kappa shape index (κ3) is 2.74. The van der Waals surface area contributed by atoms with Crippen molar-refractivity contribution >= 4 is 11.4 Å². The summed E-state index contributed by atoms with van der Waals surface area (Å²) in [4.78, 5) is 19.5. The van der Waals surface area contributed by atoms with Crippen LogP contribution in [0.1, 0.15) is 12.0 Å². The van der Waals surface area contributed by atoms with E-state index in [2.05, 4.69) is 0 Å². The molecule has 0 aliphatic heterocycles. The molecule has 1 radical (unpaired) electrons. The second-order valence-corrected chi connectivity index (χ2v) is 3.14. The Labute approximate surface area is 90.6 Å². The lowest BCUT2D eigenvalue weighted by atomic mass is 10.1. The molecule has 0 spiro atoms. The molecule has 0 aliphatic carbocycles. The van der Waals surface area contributed by atoms with Gasteiger partial charge in [0.2, 0.25) is 0 Å². The Morgan fingerprint density at radius 2 is 1.69 bits per heavy atom. The molecule has 1 aromatic rings. The van der Waals surface area contributed by atoms with Crippen LogP contribution in [0.4, 0.5) is 11.4 Å². The van der Waals surface area contributed by atoms with Crippen LogP contribution in [0.15, 0.2) is 18.2 Å². The Kier molecular flexibility index (Phi) is 3.90. The van der Waals surface area contributed by atoms with Crippen LogP contribution < -0.4 is 0 Å². The molecule has 0 aromatic heterocycles. The number of rotatable bonds is 5. The fraction of sp³-hybridized carbons (Fsp3) is 0.333. The standard InChI is InChI=1S/C9H9N2O5/c12-5-1-2-7-3-4-8(10(13)14)9(6-7)11(15)16/h3-4,6H,1-2,5H2. The maximum absolute atomic E-state index is 10.6. The summed E-state index contributed by atoms with van der Waals surface area (Å²) in [6.07, 6.45) is 0.747. The third-order valence-corrected chi connectivity index (χ3v) is 2.04. The zero-order chi connectivity index (χ0) is 12.1. The van der Waals surface area contributed by atoms with Gasteiger partial charge in [0.15, 0.2) is 0 Å². The van der Waals surface area contributed by atoms with Crippen LogP contribution in [0.5, 0.6) is 0 Å². The summed E-state index contributed by atoms with van der Waals surface area (Å²) in [7, 11) is 0. The van der Waals surface area contributed by atoms with Crippen LogP contribution in [0, 0.1) is 20.2 Å². The highest BCUT2D eigenvalue weighted by Gasteiger charge is 2.23. The van der Waals surface area contributed by atoms with Crippen LogP contribution in [-0.2, 0) is 11.5 Å². The van der Waals surface area contributed by atoms with E-state index in [1.165, 1.54) is 6.07 Å². The van der Waals surface area contributed by atoms with Crippen molar-refractivity contribution in [2.45, 2.75) is 12.8 Å². The van der Waals surface area contributed by atoms with Gasteiger partial charge in [0.05, 0.1) is 16.5 Å². The van der Waals surface area contributed by atoms with E-state index in [1.54, 1.807) is 0 Å². The Hall–Kier alpha value is -2.02. The maximum atomic E-state index is 10.6. The molecule has 0 saturated heterocycles. The predicted octanol–water partition coefficient (Wildman–Crippen LogP) is 1.87. The molecule has 1 rings (SSSR count). The van der Waals surface area contributed by atoms with Gasteiger partial charge in [-0.2, -0.15) is 0 Å². The summed E-state index contributed by atoms with van der Waals surface area (Å²) in [5.74, 6) is 0. The quantitative estimate of drug-likeness (QED) is 0.563. The van der Waals surface area contributed by atoms with Gasteiger partial charge in [-0.1, -0.05) is 6.07 Å². The molecular formula is C9H9N2O5. The van der Waals surface area contributed by atoms with Gasteiger partial charge < -0.3 is 0 Å². The lowest BCUT2D eigenvalue weighted by Crippen LogP contribution is -1.98. The largest absolute Gasteiger partial charge is 0.346 e. The van der Waals surface area contributed by atoms with Crippen LogP contribution in [0.25, 0.3) is 0 Å². The van der Waals surface area contributed by atoms with Gasteiger partial charge in [0.1, 0.15) is 0 Å². The molecule has 7 heteroatoms. The SMILES string of the molecule is [O]CCCc1ccc([N+](=O)[O-])c([N+](=O)[O-])c1. The topological polar surface area (TPSA) is 106 Å². The lowest BCUT2D eigenvalue weighted by molar-refractivity contribution is -0.422. The van der Waals surface area contributed by atoms with E-state index in [9.17, 15) is 25.3 Å². The summed E-state index contributed by atoms with van der Waals surface area (Å²) in [6.45, 7) is -0.273. The Bertz CT molecular complexity index is 418. The number of benzene rings is 1. The highest BCUT2D eigenvalue weighted by Crippen LogP contribution is 2.27. The molecule has 85 valence electrons. The van der Waals surface area contributed by atoms with Gasteiger partial charge in [-0.3, -0.25) is 20.2 Å². The molecule has 1 aromatic carbocycles. The van der Waals surface area contributed by atoms with E-state index >= 15 is 0 Å². The van der Waals surface area contributed by atoms with Gasteiger partial charge in [0.25, 0.3) is 0 Å². The summed E-state index contributed by atoms with van der Waals surface area (Å²) in [6, 6.07) is 3.67. The minimum Gasteiger partial charge on any atom is -0.258 e. The van der Waals surface area contributed by atoms with Crippen LogP contribution >= 0.6 is 0 Å². The van der Waals surface area contributed by atoms with Crippen molar-refractivity contribution in [3.05, 3.63) is 44.0 Å². The summed E-state index contributed by atoms with van der Waals surface area (Å²) < 4.78 is 0. The van der Waals surface area contributed by atoms with Crippen molar-refractivity contribution in [2.24, 2.45) is 0 Å². The fourth-order valence-corrected chi connectivity index (χ4v) is 1.30. The van der Waals surface area contributed by atoms with Crippen LogP contribution in [0.3, 0.4) is 0 Å². The number of nitro benzene ring substituents is 2. The van der Waals surface area contributed by atoms with Gasteiger partial charge >= 0.3 is 11.4 Å². The fourth-order valence-electron chi connectivity index (χ4n) is 1.30. The summed E-state index contributed by atoms with van der Waals surface area (Å²) in [5.41, 5.74) is -0.502. The van der Waals surface area contributed by atoms with E-state index in [0.29, 0.717) is 18.4 Å². The van der Waals surface area contributed by atoms with Gasteiger partial charge in [0, 0.05) is 12.1 Å². The molecule has 0 N–H and O–H groups in total. The monoisotopic (exact) mass is 225 g/mol. The first-order valence-corrected chi connectivity index (χ1v) is 4.56. The molecule has 0 saturated carbocycles. The molecule has 0 heterocycles. The highest BCUT2D eigenvalue weighted by atomic mass is 16.6. The van der Waals surface area contributed by atoms with Crippen LogP contribution in [0.2, 0.25) is 0 Å². The molecule has 16 heavy (non-hydrogen) atoms. The van der Waals surface area contributed by atoms with Crippen LogP contribution in [-0.4, -0.2) is 16.5 Å². The second kappa shape index (κ2) is 5.17. The minimum atomic E-state index is -0.796. The Morgan fingerprint density at radius 1 is 1.06 bits per heavy atom. The zero-order valence-electron chi connectivity index (χ0n) is 8.29. The Morgan fingerprint density at radius 3 is 2.19 bits per heavy atom. The average Bonchev–Trinajstić information content (AvgIpc) is 2.25. The molecule has 0 atom stereocenters. The number of nitro groups is 2. The first-order chi connectivity index (χ1) is 7.56. The molecule has 7 nitrogen and oxygen atoms in total. The summed E-state index contributed by atoms with van der Waals surface area (Å²) >= 11 is 0. The minimum absolute atomic E-state index is 0.273. The first kappa shape index (κ1) is 12.1. The first-order valence-electron chi connectivity index (χ1n) is 4.56. The highest BCUT2D eigenvalue weighted by molar-refractivity contribution is 5.54. The van der Waals surface area contributed by atoms with Gasteiger partial charge in [-0.25, -0.2) is 5.11 Å². The lowest BCUT2D eigenvalue weighted by Gasteiger charge is -1.99. The average molecular weight is 225 g/mol. The van der Waals surface area contributed by atoms with E-state index < -0.39 is 21.2 Å². The number of nitrogens with zero attached hydrogens (tertiary/aromatic N) is 2.